The van der Waals surface area contributed by atoms with Gasteiger partial charge in [-0.25, -0.2) is 4.39 Å². The molecule has 5 nitrogen and oxygen atoms in total. The fourth-order valence-corrected chi connectivity index (χ4v) is 4.65. The van der Waals surface area contributed by atoms with Crippen LogP contribution < -0.4 is 4.90 Å². The summed E-state index contributed by atoms with van der Waals surface area (Å²) < 4.78 is 15.2. The van der Waals surface area contributed by atoms with E-state index in [1.165, 1.54) is 30.5 Å². The van der Waals surface area contributed by atoms with Gasteiger partial charge in [0.1, 0.15) is 17.6 Å². The van der Waals surface area contributed by atoms with Crippen molar-refractivity contribution in [2.75, 3.05) is 19.0 Å². The van der Waals surface area contributed by atoms with Crippen LogP contribution in [0.4, 0.5) is 10.1 Å². The first-order chi connectivity index (χ1) is 17.4. The maximum absolute atomic E-state index is 15.2. The van der Waals surface area contributed by atoms with Crippen LogP contribution in [0, 0.1) is 12.7 Å². The number of anilines is 1. The summed E-state index contributed by atoms with van der Waals surface area (Å²) in [5.41, 5.74) is 1.73. The van der Waals surface area contributed by atoms with E-state index in [2.05, 4.69) is 4.99 Å². The number of likely N-dealkylation sites (N-methyl/N-ethyl adjacent to an activating group) is 1. The van der Waals surface area contributed by atoms with Gasteiger partial charge in [-0.1, -0.05) is 75.6 Å². The summed E-state index contributed by atoms with van der Waals surface area (Å²) in [4.78, 5) is 35.2. The summed E-state index contributed by atoms with van der Waals surface area (Å²) in [5.74, 6) is -1.32. The molecule has 1 fully saturated rings. The molecule has 2 amide bonds. The molecule has 194 valence electrons. The maximum Gasteiger partial charge on any atom is 0.277 e. The Morgan fingerprint density at radius 3 is 2.22 bits per heavy atom. The molecule has 6 heteroatoms. The average Bonchev–Trinajstić information content (AvgIpc) is 2.92. The Morgan fingerprint density at radius 1 is 1.03 bits per heavy atom. The molecule has 0 spiro atoms. The van der Waals surface area contributed by atoms with Gasteiger partial charge in [0.05, 0.1) is 5.69 Å². The Morgan fingerprint density at radius 2 is 1.64 bits per heavy atom. The molecule has 1 atom stereocenters. The summed E-state index contributed by atoms with van der Waals surface area (Å²) >= 11 is 0. The smallest absolute Gasteiger partial charge is 0.277 e. The van der Waals surface area contributed by atoms with Crippen LogP contribution in [0.15, 0.2) is 65.7 Å². The number of carbonyl (C=O) groups excluding carboxylic acids is 2. The number of benzene rings is 2. The van der Waals surface area contributed by atoms with Crippen molar-refractivity contribution in [2.24, 2.45) is 4.99 Å². The fraction of sp³-hybridized carbons (Fsp3) is 0.433. The number of aliphatic imine (C=N–C) groups is 1. The van der Waals surface area contributed by atoms with E-state index in [-0.39, 0.29) is 23.3 Å². The monoisotopic (exact) mass is 493 g/mol. The van der Waals surface area contributed by atoms with E-state index < -0.39 is 17.8 Å². The quantitative estimate of drug-likeness (QED) is 0.404. The van der Waals surface area contributed by atoms with E-state index in [1.54, 1.807) is 43.2 Å². The molecule has 2 aromatic carbocycles. The van der Waals surface area contributed by atoms with Crippen molar-refractivity contribution in [3.63, 3.8) is 0 Å². The molecular weight excluding hydrogens is 453 g/mol. The zero-order valence-corrected chi connectivity index (χ0v) is 22.5. The number of hydrogen-bond donors (Lipinski definition) is 0. The largest absolute Gasteiger partial charge is 0.341 e. The Bertz CT molecular complexity index is 1070. The topological polar surface area (TPSA) is 53.0 Å². The van der Waals surface area contributed by atoms with E-state index >= 15 is 4.39 Å². The van der Waals surface area contributed by atoms with Crippen molar-refractivity contribution in [2.45, 2.75) is 71.9 Å². The number of hydrogen-bond acceptors (Lipinski definition) is 3. The molecule has 2 aromatic rings. The van der Waals surface area contributed by atoms with Crippen LogP contribution in [0.1, 0.15) is 70.0 Å². The van der Waals surface area contributed by atoms with E-state index in [4.69, 9.17) is 0 Å². The van der Waals surface area contributed by atoms with E-state index in [1.807, 2.05) is 45.0 Å². The molecule has 0 aromatic heterocycles. The van der Waals surface area contributed by atoms with E-state index in [9.17, 15) is 9.59 Å². The third kappa shape index (κ3) is 6.68. The number of halogens is 1. The number of carbonyl (C=O) groups is 2. The van der Waals surface area contributed by atoms with Gasteiger partial charge in [0.2, 0.25) is 5.91 Å². The minimum Gasteiger partial charge on any atom is -0.341 e. The highest BCUT2D eigenvalue weighted by atomic mass is 19.1. The highest BCUT2D eigenvalue weighted by Gasteiger charge is 2.39. The first-order valence-corrected chi connectivity index (χ1v) is 12.9. The van der Waals surface area contributed by atoms with Crippen LogP contribution in [0.25, 0.3) is 0 Å². The van der Waals surface area contributed by atoms with Crippen LogP contribution in [0.2, 0.25) is 0 Å². The molecule has 1 saturated carbocycles. The lowest BCUT2D eigenvalue weighted by Gasteiger charge is -2.38. The number of para-hydroxylation sites is 1. The lowest BCUT2D eigenvalue weighted by Crippen LogP contribution is -2.50. The third-order valence-corrected chi connectivity index (χ3v) is 6.56. The van der Waals surface area contributed by atoms with Gasteiger partial charge >= 0.3 is 0 Å². The molecule has 0 heterocycles. The number of allylic oxidation sites excluding steroid dienone is 1. The first kappa shape index (κ1) is 29.0. The summed E-state index contributed by atoms with van der Waals surface area (Å²) in [6, 6.07) is 12.6. The second-order valence-electron chi connectivity index (χ2n) is 8.74. The number of aryl methyl sites for hydroxylation is 1. The second kappa shape index (κ2) is 14.3. The lowest BCUT2D eigenvalue weighted by molar-refractivity contribution is -0.135. The Balaban J connectivity index is 0.00000222. The molecule has 1 aliphatic rings. The zero-order chi connectivity index (χ0) is 26.7. The molecule has 0 aliphatic heterocycles. The van der Waals surface area contributed by atoms with Crippen molar-refractivity contribution in [1.82, 2.24) is 4.90 Å². The number of nitrogens with zero attached hydrogens (tertiary/aromatic N) is 3. The average molecular weight is 494 g/mol. The highest BCUT2D eigenvalue weighted by molar-refractivity contribution is 6.48. The highest BCUT2D eigenvalue weighted by Crippen LogP contribution is 2.34. The Hall–Kier alpha value is -3.28. The van der Waals surface area contributed by atoms with Gasteiger partial charge in [-0.05, 0) is 56.0 Å². The molecule has 1 aliphatic carbocycles. The van der Waals surface area contributed by atoms with Crippen LogP contribution in [-0.2, 0) is 9.59 Å². The number of amides is 2. The summed E-state index contributed by atoms with van der Waals surface area (Å²) in [6.07, 6.45) is 8.45. The summed E-state index contributed by atoms with van der Waals surface area (Å²) in [5, 5.41) is 0. The SMILES string of the molecule is C/C=C\C(=NC)C(=O)N(c1ccccc1F)C(C(=O)N(C)C1CCCCC1)c1ccccc1C.CC. The second-order valence-corrected chi connectivity index (χ2v) is 8.74. The van der Waals surface area contributed by atoms with Crippen molar-refractivity contribution < 1.29 is 14.0 Å². The third-order valence-electron chi connectivity index (χ3n) is 6.56. The Labute approximate surface area is 215 Å². The molecule has 0 bridgehead atoms. The van der Waals surface area contributed by atoms with Crippen molar-refractivity contribution in [3.8, 4) is 0 Å². The normalized spacial score (nSPS) is 15.1. The predicted molar refractivity (Wildman–Crippen MR) is 147 cm³/mol. The summed E-state index contributed by atoms with van der Waals surface area (Å²) in [6.45, 7) is 7.69. The number of rotatable bonds is 7. The van der Waals surface area contributed by atoms with Gasteiger partial charge in [-0.15, -0.1) is 0 Å². The fourth-order valence-electron chi connectivity index (χ4n) is 4.65. The standard InChI is InChI=1S/C28H34FN3O2.C2H6/c1-5-13-24(30-3)27(33)32(25-19-12-11-18-23(25)29)26(22-17-10-9-14-20(22)2)28(34)31(4)21-15-7-6-8-16-21;1-2/h5,9-14,17-19,21,26H,6-8,15-16H2,1-4H3;1-2H3/b13-5-,30-24?;. The molecule has 0 radical (unpaired) electrons. The molecule has 1 unspecified atom stereocenters. The van der Waals surface area contributed by atoms with Gasteiger partial charge in [-0.3, -0.25) is 19.5 Å². The predicted octanol–water partition coefficient (Wildman–Crippen LogP) is 6.67. The molecule has 36 heavy (non-hydrogen) atoms. The van der Waals surface area contributed by atoms with Gasteiger partial charge in [0.15, 0.2) is 0 Å². The van der Waals surface area contributed by atoms with Crippen molar-refractivity contribution in [1.29, 1.82) is 0 Å². The van der Waals surface area contributed by atoms with Gasteiger partial charge < -0.3 is 4.90 Å². The molecule has 0 N–H and O–H groups in total. The van der Waals surface area contributed by atoms with Crippen LogP contribution in [0.5, 0.6) is 0 Å². The van der Waals surface area contributed by atoms with E-state index in [0.717, 1.165) is 31.2 Å². The van der Waals surface area contributed by atoms with Crippen LogP contribution in [-0.4, -0.2) is 42.6 Å². The van der Waals surface area contributed by atoms with Gasteiger partial charge in [0, 0.05) is 20.1 Å². The Kier molecular flexibility index (Phi) is 11.5. The van der Waals surface area contributed by atoms with Gasteiger partial charge in [0.25, 0.3) is 5.91 Å². The zero-order valence-electron chi connectivity index (χ0n) is 22.5. The molecule has 0 saturated heterocycles. The first-order valence-electron chi connectivity index (χ1n) is 12.9. The minimum absolute atomic E-state index is 0.0526. The lowest BCUT2D eigenvalue weighted by atomic mass is 9.92. The molecular formula is C30H40FN3O2. The maximum atomic E-state index is 15.2. The van der Waals surface area contributed by atoms with Crippen LogP contribution >= 0.6 is 0 Å². The minimum atomic E-state index is -1.03. The van der Waals surface area contributed by atoms with Gasteiger partial charge in [-0.2, -0.15) is 0 Å². The van der Waals surface area contributed by atoms with E-state index in [0.29, 0.717) is 5.56 Å². The van der Waals surface area contributed by atoms with Crippen molar-refractivity contribution >= 4 is 23.2 Å². The molecule has 3 rings (SSSR count). The summed E-state index contributed by atoms with van der Waals surface area (Å²) in [7, 11) is 3.32. The van der Waals surface area contributed by atoms with Crippen LogP contribution in [0.3, 0.4) is 0 Å². The van der Waals surface area contributed by atoms with Crippen molar-refractivity contribution in [3.05, 3.63) is 77.6 Å².